The minimum Gasteiger partial charge on any atom is -0.497 e. The van der Waals surface area contributed by atoms with Gasteiger partial charge < -0.3 is 15.0 Å². The molecule has 30 heavy (non-hydrogen) atoms. The van der Waals surface area contributed by atoms with Gasteiger partial charge in [0.1, 0.15) is 5.75 Å². The molecule has 2 amide bonds. The largest absolute Gasteiger partial charge is 0.497 e. The second kappa shape index (κ2) is 9.82. The Morgan fingerprint density at radius 2 is 1.80 bits per heavy atom. The first-order chi connectivity index (χ1) is 14.7. The van der Waals surface area contributed by atoms with Gasteiger partial charge in [0.15, 0.2) is 0 Å². The average molecular weight is 414 g/mol. The molecule has 1 aromatic carbocycles. The molecular weight excluding hydrogens is 378 g/mol. The standard InChI is InChI=1S/C24H35N3O3/c1-30-21-11-9-18(10-12-21)22(26-13-5-2-6-14-26)16-25-24(29)19-15-23(28)27(17-19)20-7-3-4-8-20/h9-12,19-20,22H,2-8,13-17H2,1H3,(H,25,29). The number of amides is 2. The van der Waals surface area contributed by atoms with E-state index in [1.54, 1.807) is 7.11 Å². The summed E-state index contributed by atoms with van der Waals surface area (Å²) in [6.07, 6.45) is 8.62. The number of nitrogens with zero attached hydrogens (tertiary/aromatic N) is 2. The molecular formula is C24H35N3O3. The highest BCUT2D eigenvalue weighted by Crippen LogP contribution is 2.30. The number of nitrogens with one attached hydrogen (secondary N) is 1. The fourth-order valence-electron chi connectivity index (χ4n) is 5.33. The molecule has 0 bridgehead atoms. The van der Waals surface area contributed by atoms with Gasteiger partial charge in [-0.2, -0.15) is 0 Å². The molecule has 0 radical (unpaired) electrons. The molecule has 2 saturated heterocycles. The third-order valence-electron chi connectivity index (χ3n) is 7.10. The Labute approximate surface area is 179 Å². The van der Waals surface area contributed by atoms with Crippen LogP contribution in [-0.2, 0) is 9.59 Å². The third kappa shape index (κ3) is 4.80. The van der Waals surface area contributed by atoms with Gasteiger partial charge in [0.25, 0.3) is 0 Å². The number of hydrogen-bond donors (Lipinski definition) is 1. The van der Waals surface area contributed by atoms with Gasteiger partial charge in [0.2, 0.25) is 11.8 Å². The fourth-order valence-corrected chi connectivity index (χ4v) is 5.33. The van der Waals surface area contributed by atoms with Crippen molar-refractivity contribution >= 4 is 11.8 Å². The summed E-state index contributed by atoms with van der Waals surface area (Å²) in [6.45, 7) is 3.29. The van der Waals surface area contributed by atoms with Gasteiger partial charge in [-0.05, 0) is 56.5 Å². The van der Waals surface area contributed by atoms with Crippen LogP contribution in [0.1, 0.15) is 63.0 Å². The Kier molecular flexibility index (Phi) is 6.93. The van der Waals surface area contributed by atoms with Crippen molar-refractivity contribution in [3.8, 4) is 5.75 Å². The molecule has 0 aromatic heterocycles. The predicted molar refractivity (Wildman–Crippen MR) is 116 cm³/mol. The lowest BCUT2D eigenvalue weighted by molar-refractivity contribution is -0.130. The number of carbonyl (C=O) groups is 2. The molecule has 2 unspecified atom stereocenters. The van der Waals surface area contributed by atoms with Crippen LogP contribution in [0.15, 0.2) is 24.3 Å². The van der Waals surface area contributed by atoms with Crippen molar-refractivity contribution in [2.75, 3.05) is 33.3 Å². The van der Waals surface area contributed by atoms with Crippen LogP contribution in [0, 0.1) is 5.92 Å². The quantitative estimate of drug-likeness (QED) is 0.746. The van der Waals surface area contributed by atoms with Gasteiger partial charge in [0, 0.05) is 25.6 Å². The summed E-state index contributed by atoms with van der Waals surface area (Å²) >= 11 is 0. The number of ether oxygens (including phenoxy) is 1. The van der Waals surface area contributed by atoms with Crippen molar-refractivity contribution in [1.29, 1.82) is 0 Å². The van der Waals surface area contributed by atoms with Crippen molar-refractivity contribution in [1.82, 2.24) is 15.1 Å². The van der Waals surface area contributed by atoms with E-state index in [1.807, 2.05) is 17.0 Å². The molecule has 2 aliphatic heterocycles. The number of piperidine rings is 1. The van der Waals surface area contributed by atoms with Gasteiger partial charge in [-0.15, -0.1) is 0 Å². The van der Waals surface area contributed by atoms with Crippen LogP contribution in [0.2, 0.25) is 0 Å². The summed E-state index contributed by atoms with van der Waals surface area (Å²) in [5.41, 5.74) is 1.20. The zero-order valence-corrected chi connectivity index (χ0v) is 18.1. The second-order valence-corrected chi connectivity index (χ2v) is 9.02. The van der Waals surface area contributed by atoms with E-state index in [1.165, 1.54) is 37.7 Å². The summed E-state index contributed by atoms with van der Waals surface area (Å²) in [7, 11) is 1.68. The highest BCUT2D eigenvalue weighted by atomic mass is 16.5. The van der Waals surface area contributed by atoms with Crippen LogP contribution in [0.3, 0.4) is 0 Å². The van der Waals surface area contributed by atoms with E-state index in [2.05, 4.69) is 22.3 Å². The lowest BCUT2D eigenvalue weighted by Crippen LogP contribution is -2.42. The molecule has 1 N–H and O–H groups in total. The first-order valence-electron chi connectivity index (χ1n) is 11.6. The van der Waals surface area contributed by atoms with Crippen LogP contribution in [0.25, 0.3) is 0 Å². The van der Waals surface area contributed by atoms with Crippen LogP contribution in [-0.4, -0.2) is 60.9 Å². The zero-order chi connectivity index (χ0) is 20.9. The van der Waals surface area contributed by atoms with Crippen molar-refractivity contribution in [2.45, 2.75) is 63.5 Å². The second-order valence-electron chi connectivity index (χ2n) is 9.02. The molecule has 164 valence electrons. The number of carbonyl (C=O) groups excluding carboxylic acids is 2. The summed E-state index contributed by atoms with van der Waals surface area (Å²) < 4.78 is 5.30. The molecule has 2 heterocycles. The topological polar surface area (TPSA) is 61.9 Å². The molecule has 2 atom stereocenters. The Balaban J connectivity index is 1.38. The number of likely N-dealkylation sites (tertiary alicyclic amines) is 2. The molecule has 1 aromatic rings. The SMILES string of the molecule is COc1ccc(C(CNC(=O)C2CC(=O)N(C3CCCC3)C2)N2CCCCC2)cc1. The summed E-state index contributed by atoms with van der Waals surface area (Å²) in [6, 6.07) is 8.70. The van der Waals surface area contributed by atoms with Crippen molar-refractivity contribution in [2.24, 2.45) is 5.92 Å². The maximum Gasteiger partial charge on any atom is 0.225 e. The van der Waals surface area contributed by atoms with Gasteiger partial charge in [-0.25, -0.2) is 0 Å². The van der Waals surface area contributed by atoms with E-state index in [4.69, 9.17) is 4.74 Å². The third-order valence-corrected chi connectivity index (χ3v) is 7.10. The minimum absolute atomic E-state index is 0.0272. The lowest BCUT2D eigenvalue weighted by atomic mass is 10.0. The highest BCUT2D eigenvalue weighted by molar-refractivity contribution is 5.89. The Morgan fingerprint density at radius 1 is 1.10 bits per heavy atom. The van der Waals surface area contributed by atoms with E-state index >= 15 is 0 Å². The number of benzene rings is 1. The highest BCUT2D eigenvalue weighted by Gasteiger charge is 2.38. The van der Waals surface area contributed by atoms with Crippen LogP contribution in [0.5, 0.6) is 5.75 Å². The number of rotatable bonds is 7. The van der Waals surface area contributed by atoms with Crippen LogP contribution >= 0.6 is 0 Å². The molecule has 1 aliphatic carbocycles. The van der Waals surface area contributed by atoms with Gasteiger partial charge in [-0.3, -0.25) is 14.5 Å². The molecule has 1 saturated carbocycles. The summed E-state index contributed by atoms with van der Waals surface area (Å²) in [5, 5.41) is 3.19. The molecule has 3 aliphatic rings. The smallest absolute Gasteiger partial charge is 0.225 e. The predicted octanol–water partition coefficient (Wildman–Crippen LogP) is 3.13. The maximum absolute atomic E-state index is 12.9. The van der Waals surface area contributed by atoms with Crippen molar-refractivity contribution in [3.63, 3.8) is 0 Å². The summed E-state index contributed by atoms with van der Waals surface area (Å²) in [5.74, 6) is 0.816. The molecule has 6 nitrogen and oxygen atoms in total. The lowest BCUT2D eigenvalue weighted by Gasteiger charge is -2.35. The zero-order valence-electron chi connectivity index (χ0n) is 18.1. The fraction of sp³-hybridized carbons (Fsp3) is 0.667. The first-order valence-corrected chi connectivity index (χ1v) is 11.6. The summed E-state index contributed by atoms with van der Waals surface area (Å²) in [4.78, 5) is 29.9. The first kappa shape index (κ1) is 21.2. The van der Waals surface area contributed by atoms with Crippen molar-refractivity contribution < 1.29 is 14.3 Å². The van der Waals surface area contributed by atoms with Gasteiger partial charge in [0.05, 0.1) is 19.1 Å². The van der Waals surface area contributed by atoms with E-state index in [-0.39, 0.29) is 23.8 Å². The van der Waals surface area contributed by atoms with Gasteiger partial charge >= 0.3 is 0 Å². The normalized spacial score (nSPS) is 24.2. The molecule has 6 heteroatoms. The molecule has 0 spiro atoms. The monoisotopic (exact) mass is 413 g/mol. The Bertz CT molecular complexity index is 724. The van der Waals surface area contributed by atoms with Crippen LogP contribution in [0.4, 0.5) is 0 Å². The van der Waals surface area contributed by atoms with E-state index in [0.717, 1.165) is 31.7 Å². The number of hydrogen-bond acceptors (Lipinski definition) is 4. The van der Waals surface area contributed by atoms with Crippen molar-refractivity contribution in [3.05, 3.63) is 29.8 Å². The van der Waals surface area contributed by atoms with Gasteiger partial charge in [-0.1, -0.05) is 31.4 Å². The van der Waals surface area contributed by atoms with E-state index in [9.17, 15) is 9.59 Å². The van der Waals surface area contributed by atoms with E-state index < -0.39 is 0 Å². The van der Waals surface area contributed by atoms with Crippen LogP contribution < -0.4 is 10.1 Å². The Hall–Kier alpha value is -2.08. The number of methoxy groups -OCH3 is 1. The minimum atomic E-state index is -0.212. The molecule has 3 fully saturated rings. The maximum atomic E-state index is 12.9. The molecule has 4 rings (SSSR count). The average Bonchev–Trinajstić information content (AvgIpc) is 3.44. The Morgan fingerprint density at radius 3 is 2.47 bits per heavy atom. The van der Waals surface area contributed by atoms with E-state index in [0.29, 0.717) is 25.6 Å².